The summed E-state index contributed by atoms with van der Waals surface area (Å²) in [5.41, 5.74) is 4.27. The molecule has 0 unspecified atom stereocenters. The standard InChI is InChI=1S/C18H32O/c1-15(2)8-6-9-17(5)10-7-11-18(12-13-19)14-16(3)4/h8,10,12,16,19H,6-7,9,11,13-14H2,1-5H3/b17-10+,18-12-. The van der Waals surface area contributed by atoms with E-state index in [9.17, 15) is 0 Å². The molecule has 0 atom stereocenters. The highest BCUT2D eigenvalue weighted by atomic mass is 16.2. The molecule has 0 saturated carbocycles. The van der Waals surface area contributed by atoms with Crippen molar-refractivity contribution in [2.45, 2.75) is 66.7 Å². The van der Waals surface area contributed by atoms with Gasteiger partial charge in [0.2, 0.25) is 0 Å². The summed E-state index contributed by atoms with van der Waals surface area (Å²) in [5.74, 6) is 0.667. The van der Waals surface area contributed by atoms with Crippen LogP contribution < -0.4 is 0 Å². The van der Waals surface area contributed by atoms with Crippen molar-refractivity contribution >= 4 is 0 Å². The van der Waals surface area contributed by atoms with Crippen LogP contribution in [0.2, 0.25) is 0 Å². The maximum absolute atomic E-state index is 9.03. The Morgan fingerprint density at radius 3 is 2.11 bits per heavy atom. The van der Waals surface area contributed by atoms with Crippen LogP contribution in [-0.2, 0) is 0 Å². The molecule has 0 rings (SSSR count). The van der Waals surface area contributed by atoms with Gasteiger partial charge >= 0.3 is 0 Å². The first-order valence-electron chi connectivity index (χ1n) is 7.53. The minimum atomic E-state index is 0.172. The third-order valence-corrected chi connectivity index (χ3v) is 3.10. The van der Waals surface area contributed by atoms with Crippen LogP contribution in [0.4, 0.5) is 0 Å². The zero-order chi connectivity index (χ0) is 14.7. The van der Waals surface area contributed by atoms with Gasteiger partial charge in [0.05, 0.1) is 6.61 Å². The van der Waals surface area contributed by atoms with Crippen molar-refractivity contribution < 1.29 is 5.11 Å². The Bertz CT molecular complexity index is 315. The second kappa shape index (κ2) is 11.0. The van der Waals surface area contributed by atoms with Crippen LogP contribution in [0.5, 0.6) is 0 Å². The summed E-state index contributed by atoms with van der Waals surface area (Å²) in [6.45, 7) is 11.1. The van der Waals surface area contributed by atoms with Gasteiger partial charge in [-0.2, -0.15) is 0 Å². The summed E-state index contributed by atoms with van der Waals surface area (Å²) in [4.78, 5) is 0. The van der Waals surface area contributed by atoms with Crippen LogP contribution in [-0.4, -0.2) is 11.7 Å². The van der Waals surface area contributed by atoms with Crippen molar-refractivity contribution in [2.24, 2.45) is 5.92 Å². The van der Waals surface area contributed by atoms with Gasteiger partial charge in [-0.05, 0) is 58.8 Å². The monoisotopic (exact) mass is 264 g/mol. The van der Waals surface area contributed by atoms with E-state index in [0.29, 0.717) is 5.92 Å². The molecule has 0 aromatic rings. The average molecular weight is 264 g/mol. The van der Waals surface area contributed by atoms with Crippen molar-refractivity contribution in [1.29, 1.82) is 0 Å². The number of aliphatic hydroxyl groups is 1. The van der Waals surface area contributed by atoms with Gasteiger partial charge in [0.15, 0.2) is 0 Å². The normalized spacial score (nSPS) is 13.0. The highest BCUT2D eigenvalue weighted by Crippen LogP contribution is 2.17. The van der Waals surface area contributed by atoms with E-state index < -0.39 is 0 Å². The van der Waals surface area contributed by atoms with E-state index in [0.717, 1.165) is 32.1 Å². The molecule has 0 amide bonds. The van der Waals surface area contributed by atoms with E-state index in [1.165, 1.54) is 16.7 Å². The second-order valence-corrected chi connectivity index (χ2v) is 6.05. The molecular formula is C18H32O. The molecule has 0 heterocycles. The zero-order valence-corrected chi connectivity index (χ0v) is 13.5. The Morgan fingerprint density at radius 2 is 1.58 bits per heavy atom. The fraction of sp³-hybridized carbons (Fsp3) is 0.667. The maximum atomic E-state index is 9.03. The zero-order valence-electron chi connectivity index (χ0n) is 13.5. The molecule has 0 aliphatic rings. The van der Waals surface area contributed by atoms with Gasteiger partial charge < -0.3 is 5.11 Å². The number of hydrogen-bond acceptors (Lipinski definition) is 1. The van der Waals surface area contributed by atoms with Gasteiger partial charge in [0.25, 0.3) is 0 Å². The number of hydrogen-bond donors (Lipinski definition) is 1. The topological polar surface area (TPSA) is 20.2 Å². The minimum Gasteiger partial charge on any atom is -0.392 e. The molecule has 1 heteroatoms. The van der Waals surface area contributed by atoms with Gasteiger partial charge in [-0.1, -0.05) is 48.8 Å². The van der Waals surface area contributed by atoms with E-state index in [-0.39, 0.29) is 6.61 Å². The summed E-state index contributed by atoms with van der Waals surface area (Å²) in [7, 11) is 0. The van der Waals surface area contributed by atoms with E-state index >= 15 is 0 Å². The Hall–Kier alpha value is -0.820. The highest BCUT2D eigenvalue weighted by molar-refractivity contribution is 5.07. The van der Waals surface area contributed by atoms with Crippen LogP contribution in [0.1, 0.15) is 66.7 Å². The Morgan fingerprint density at radius 1 is 0.947 bits per heavy atom. The SMILES string of the molecule is CC(C)=CCC/C(C)=C/CC/C(=C/CO)CC(C)C. The third kappa shape index (κ3) is 12.0. The summed E-state index contributed by atoms with van der Waals surface area (Å²) >= 11 is 0. The number of rotatable bonds is 9. The summed E-state index contributed by atoms with van der Waals surface area (Å²) in [5, 5.41) is 9.03. The van der Waals surface area contributed by atoms with Gasteiger partial charge in [-0.3, -0.25) is 0 Å². The molecule has 0 aromatic carbocycles. The maximum Gasteiger partial charge on any atom is 0.0615 e. The minimum absolute atomic E-state index is 0.172. The van der Waals surface area contributed by atoms with Crippen LogP contribution in [0, 0.1) is 5.92 Å². The van der Waals surface area contributed by atoms with Crippen LogP contribution >= 0.6 is 0 Å². The third-order valence-electron chi connectivity index (χ3n) is 3.10. The Balaban J connectivity index is 4.08. The predicted octanol–water partition coefficient (Wildman–Crippen LogP) is 5.42. The van der Waals surface area contributed by atoms with Gasteiger partial charge in [0.1, 0.15) is 0 Å². The molecule has 0 aliphatic carbocycles. The molecule has 0 saturated heterocycles. The molecule has 0 aromatic heterocycles. The number of aliphatic hydroxyl groups excluding tert-OH is 1. The molecule has 110 valence electrons. The summed E-state index contributed by atoms with van der Waals surface area (Å²) in [6.07, 6.45) is 12.2. The summed E-state index contributed by atoms with van der Waals surface area (Å²) < 4.78 is 0. The molecule has 0 aliphatic heterocycles. The van der Waals surface area contributed by atoms with Gasteiger partial charge in [0, 0.05) is 0 Å². The molecule has 0 fully saturated rings. The number of allylic oxidation sites excluding steroid dienone is 5. The molecule has 1 N–H and O–H groups in total. The first-order valence-corrected chi connectivity index (χ1v) is 7.53. The first-order chi connectivity index (χ1) is 8.95. The van der Waals surface area contributed by atoms with Crippen LogP contribution in [0.25, 0.3) is 0 Å². The van der Waals surface area contributed by atoms with Crippen molar-refractivity contribution in [3.63, 3.8) is 0 Å². The average Bonchev–Trinajstić information content (AvgIpc) is 2.27. The lowest BCUT2D eigenvalue weighted by Crippen LogP contribution is -1.93. The molecular weight excluding hydrogens is 232 g/mol. The lowest BCUT2D eigenvalue weighted by molar-refractivity contribution is 0.340. The van der Waals surface area contributed by atoms with Crippen LogP contribution in [0.15, 0.2) is 34.9 Å². The van der Waals surface area contributed by atoms with Crippen molar-refractivity contribution in [2.75, 3.05) is 6.61 Å². The van der Waals surface area contributed by atoms with Gasteiger partial charge in [-0.15, -0.1) is 0 Å². The van der Waals surface area contributed by atoms with Crippen molar-refractivity contribution in [1.82, 2.24) is 0 Å². The molecule has 19 heavy (non-hydrogen) atoms. The molecule has 0 radical (unpaired) electrons. The molecule has 0 spiro atoms. The fourth-order valence-corrected chi connectivity index (χ4v) is 2.14. The highest BCUT2D eigenvalue weighted by Gasteiger charge is 2.00. The second-order valence-electron chi connectivity index (χ2n) is 6.05. The largest absolute Gasteiger partial charge is 0.392 e. The fourth-order valence-electron chi connectivity index (χ4n) is 2.14. The van der Waals surface area contributed by atoms with Crippen molar-refractivity contribution in [3.05, 3.63) is 34.9 Å². The van der Waals surface area contributed by atoms with Crippen LogP contribution in [0.3, 0.4) is 0 Å². The first kappa shape index (κ1) is 18.2. The summed E-state index contributed by atoms with van der Waals surface area (Å²) in [6, 6.07) is 0. The van der Waals surface area contributed by atoms with E-state index in [1.807, 2.05) is 6.08 Å². The quantitative estimate of drug-likeness (QED) is 0.551. The lowest BCUT2D eigenvalue weighted by Gasteiger charge is -2.09. The smallest absolute Gasteiger partial charge is 0.0615 e. The lowest BCUT2D eigenvalue weighted by atomic mass is 9.98. The molecule has 0 bridgehead atoms. The van der Waals surface area contributed by atoms with Crippen molar-refractivity contribution in [3.8, 4) is 0 Å². The Labute approximate surface area is 120 Å². The Kier molecular flexibility index (Phi) is 10.6. The predicted molar refractivity (Wildman–Crippen MR) is 86.3 cm³/mol. The van der Waals surface area contributed by atoms with E-state index in [4.69, 9.17) is 5.11 Å². The van der Waals surface area contributed by atoms with Gasteiger partial charge in [-0.25, -0.2) is 0 Å². The molecule has 1 nitrogen and oxygen atoms in total. The van der Waals surface area contributed by atoms with E-state index in [1.54, 1.807) is 0 Å². The van der Waals surface area contributed by atoms with E-state index in [2.05, 4.69) is 46.8 Å².